The lowest BCUT2D eigenvalue weighted by Crippen LogP contribution is -2.31. The maximum absolute atomic E-state index is 5.35. The fourth-order valence-electron chi connectivity index (χ4n) is 2.20. The Bertz CT molecular complexity index is 153. The zero-order chi connectivity index (χ0) is 9.64. The van der Waals surface area contributed by atoms with E-state index in [1.807, 2.05) is 0 Å². The Labute approximate surface area is 91.2 Å². The smallest absolute Gasteiger partial charge is 0.0469 e. The summed E-state index contributed by atoms with van der Waals surface area (Å²) in [5.74, 6) is 2.25. The van der Waals surface area contributed by atoms with Crippen molar-refractivity contribution < 1.29 is 4.74 Å². The van der Waals surface area contributed by atoms with E-state index in [2.05, 4.69) is 17.1 Å². The second-order valence-corrected chi connectivity index (χ2v) is 5.76. The first-order chi connectivity index (χ1) is 6.95. The molecule has 0 saturated carbocycles. The van der Waals surface area contributed by atoms with Crippen molar-refractivity contribution in [3.8, 4) is 0 Å². The maximum Gasteiger partial charge on any atom is 0.0469 e. The van der Waals surface area contributed by atoms with Gasteiger partial charge in [0.05, 0.1) is 0 Å². The van der Waals surface area contributed by atoms with Crippen molar-refractivity contribution in [1.29, 1.82) is 0 Å². The number of nitrogens with one attached hydrogen (secondary N) is 1. The van der Waals surface area contributed by atoms with Crippen LogP contribution in [0.2, 0.25) is 0 Å². The highest BCUT2D eigenvalue weighted by atomic mass is 32.2. The van der Waals surface area contributed by atoms with Crippen molar-refractivity contribution in [3.63, 3.8) is 0 Å². The van der Waals surface area contributed by atoms with Crippen molar-refractivity contribution in [3.05, 3.63) is 0 Å². The third kappa shape index (κ3) is 3.44. The second-order valence-electron chi connectivity index (χ2n) is 4.35. The number of ether oxygens (including phenoxy) is 1. The van der Waals surface area contributed by atoms with E-state index in [1.54, 1.807) is 0 Å². The SMILES string of the molecule is C1CSC(CNCC2CCOCC2)C1. The van der Waals surface area contributed by atoms with Gasteiger partial charge < -0.3 is 10.1 Å². The van der Waals surface area contributed by atoms with Crippen molar-refractivity contribution in [1.82, 2.24) is 5.32 Å². The molecule has 3 heteroatoms. The molecule has 2 rings (SSSR count). The minimum Gasteiger partial charge on any atom is -0.381 e. The van der Waals surface area contributed by atoms with Crippen LogP contribution in [0.1, 0.15) is 25.7 Å². The summed E-state index contributed by atoms with van der Waals surface area (Å²) in [6.07, 6.45) is 5.36. The van der Waals surface area contributed by atoms with E-state index in [0.717, 1.165) is 24.4 Å². The minimum absolute atomic E-state index is 0.871. The summed E-state index contributed by atoms with van der Waals surface area (Å²) in [6.45, 7) is 4.39. The Kier molecular flexibility index (Phi) is 4.61. The van der Waals surface area contributed by atoms with Crippen LogP contribution in [0.15, 0.2) is 0 Å². The first-order valence-corrected chi connectivity index (χ1v) is 6.90. The molecule has 0 amide bonds. The molecule has 2 aliphatic heterocycles. The molecular weight excluding hydrogens is 194 g/mol. The van der Waals surface area contributed by atoms with Gasteiger partial charge in [0.25, 0.3) is 0 Å². The monoisotopic (exact) mass is 215 g/mol. The molecule has 0 aromatic heterocycles. The summed E-state index contributed by atoms with van der Waals surface area (Å²) in [5, 5.41) is 4.52. The third-order valence-electron chi connectivity index (χ3n) is 3.17. The van der Waals surface area contributed by atoms with Crippen LogP contribution in [-0.4, -0.2) is 37.3 Å². The summed E-state index contributed by atoms with van der Waals surface area (Å²) in [7, 11) is 0. The lowest BCUT2D eigenvalue weighted by atomic mass is 10.0. The maximum atomic E-state index is 5.35. The molecule has 0 radical (unpaired) electrons. The van der Waals surface area contributed by atoms with E-state index in [1.165, 1.54) is 44.5 Å². The number of rotatable bonds is 4. The predicted octanol–water partition coefficient (Wildman–Crippen LogP) is 1.90. The van der Waals surface area contributed by atoms with Crippen LogP contribution in [-0.2, 0) is 4.74 Å². The topological polar surface area (TPSA) is 21.3 Å². The molecule has 0 aliphatic carbocycles. The van der Waals surface area contributed by atoms with E-state index in [9.17, 15) is 0 Å². The molecule has 14 heavy (non-hydrogen) atoms. The molecule has 2 fully saturated rings. The molecular formula is C11H21NOS. The average Bonchev–Trinajstić information content (AvgIpc) is 2.72. The molecule has 2 aliphatic rings. The van der Waals surface area contributed by atoms with Crippen molar-refractivity contribution >= 4 is 11.8 Å². The van der Waals surface area contributed by atoms with E-state index in [-0.39, 0.29) is 0 Å². The lowest BCUT2D eigenvalue weighted by Gasteiger charge is -2.22. The Balaban J connectivity index is 1.52. The van der Waals surface area contributed by atoms with E-state index >= 15 is 0 Å². The number of hydrogen-bond acceptors (Lipinski definition) is 3. The van der Waals surface area contributed by atoms with Crippen LogP contribution in [0, 0.1) is 5.92 Å². The van der Waals surface area contributed by atoms with Gasteiger partial charge in [0, 0.05) is 25.0 Å². The van der Waals surface area contributed by atoms with E-state index < -0.39 is 0 Å². The van der Waals surface area contributed by atoms with E-state index in [0.29, 0.717) is 0 Å². The van der Waals surface area contributed by atoms with Crippen LogP contribution in [0.4, 0.5) is 0 Å². The Hall–Kier alpha value is 0.270. The molecule has 2 saturated heterocycles. The molecule has 82 valence electrons. The molecule has 0 spiro atoms. The predicted molar refractivity (Wildman–Crippen MR) is 61.9 cm³/mol. The summed E-state index contributed by atoms with van der Waals surface area (Å²) in [5.41, 5.74) is 0. The highest BCUT2D eigenvalue weighted by Crippen LogP contribution is 2.25. The van der Waals surface area contributed by atoms with Gasteiger partial charge in [-0.3, -0.25) is 0 Å². The summed E-state index contributed by atoms with van der Waals surface area (Å²) < 4.78 is 5.35. The zero-order valence-electron chi connectivity index (χ0n) is 8.84. The van der Waals surface area contributed by atoms with Crippen LogP contribution < -0.4 is 5.32 Å². The quantitative estimate of drug-likeness (QED) is 0.774. The van der Waals surface area contributed by atoms with Gasteiger partial charge in [-0.05, 0) is 43.9 Å². The zero-order valence-corrected chi connectivity index (χ0v) is 9.65. The normalized spacial score (nSPS) is 29.6. The van der Waals surface area contributed by atoms with Gasteiger partial charge in [-0.2, -0.15) is 11.8 Å². The van der Waals surface area contributed by atoms with E-state index in [4.69, 9.17) is 4.74 Å². The van der Waals surface area contributed by atoms with Gasteiger partial charge in [0.1, 0.15) is 0 Å². The van der Waals surface area contributed by atoms with Gasteiger partial charge in [-0.25, -0.2) is 0 Å². The fraction of sp³-hybridized carbons (Fsp3) is 1.00. The largest absolute Gasteiger partial charge is 0.381 e. The average molecular weight is 215 g/mol. The van der Waals surface area contributed by atoms with Crippen molar-refractivity contribution in [2.75, 3.05) is 32.1 Å². The highest BCUT2D eigenvalue weighted by molar-refractivity contribution is 8.00. The standard InChI is InChI=1S/C11H21NOS/c1-2-11(14-7-1)9-12-8-10-3-5-13-6-4-10/h10-12H,1-9H2. The summed E-state index contributed by atoms with van der Waals surface area (Å²) >= 11 is 2.14. The van der Waals surface area contributed by atoms with Crippen LogP contribution in [0.3, 0.4) is 0 Å². The van der Waals surface area contributed by atoms with Crippen molar-refractivity contribution in [2.24, 2.45) is 5.92 Å². The molecule has 1 N–H and O–H groups in total. The summed E-state index contributed by atoms with van der Waals surface area (Å²) in [4.78, 5) is 0. The Morgan fingerprint density at radius 3 is 2.71 bits per heavy atom. The fourth-order valence-corrected chi connectivity index (χ4v) is 3.44. The molecule has 0 aromatic rings. The summed E-state index contributed by atoms with van der Waals surface area (Å²) in [6, 6.07) is 0. The molecule has 0 bridgehead atoms. The lowest BCUT2D eigenvalue weighted by molar-refractivity contribution is 0.0664. The molecule has 2 nitrogen and oxygen atoms in total. The molecule has 2 heterocycles. The van der Waals surface area contributed by atoms with Gasteiger partial charge in [-0.15, -0.1) is 0 Å². The minimum atomic E-state index is 0.871. The Morgan fingerprint density at radius 1 is 1.14 bits per heavy atom. The molecule has 0 aromatic carbocycles. The molecule has 1 atom stereocenters. The molecule has 1 unspecified atom stereocenters. The van der Waals surface area contributed by atoms with Gasteiger partial charge in [-0.1, -0.05) is 0 Å². The second kappa shape index (κ2) is 5.99. The van der Waals surface area contributed by atoms with Crippen LogP contribution in [0.5, 0.6) is 0 Å². The van der Waals surface area contributed by atoms with Gasteiger partial charge in [0.15, 0.2) is 0 Å². The van der Waals surface area contributed by atoms with Crippen LogP contribution in [0.25, 0.3) is 0 Å². The van der Waals surface area contributed by atoms with Crippen molar-refractivity contribution in [2.45, 2.75) is 30.9 Å². The van der Waals surface area contributed by atoms with Gasteiger partial charge >= 0.3 is 0 Å². The number of hydrogen-bond donors (Lipinski definition) is 1. The van der Waals surface area contributed by atoms with Crippen LogP contribution >= 0.6 is 11.8 Å². The third-order valence-corrected chi connectivity index (χ3v) is 4.57. The van der Waals surface area contributed by atoms with Gasteiger partial charge in [0.2, 0.25) is 0 Å². The highest BCUT2D eigenvalue weighted by Gasteiger charge is 2.17. The first kappa shape index (κ1) is 10.8. The Morgan fingerprint density at radius 2 is 2.00 bits per heavy atom. The first-order valence-electron chi connectivity index (χ1n) is 5.85. The number of thioether (sulfide) groups is 1.